The van der Waals surface area contributed by atoms with Crippen molar-refractivity contribution in [3.63, 3.8) is 0 Å². The van der Waals surface area contributed by atoms with Gasteiger partial charge in [-0.2, -0.15) is 0 Å². The van der Waals surface area contributed by atoms with E-state index in [-0.39, 0.29) is 0 Å². The summed E-state index contributed by atoms with van der Waals surface area (Å²) in [5, 5.41) is 9.91. The molecule has 2 heteroatoms. The quantitative estimate of drug-likeness (QED) is 0.695. The van der Waals surface area contributed by atoms with Crippen molar-refractivity contribution in [2.75, 3.05) is 0 Å². The number of hydrogen-bond donors (Lipinski definition) is 2. The Hall–Kier alpha value is -2.48. The summed E-state index contributed by atoms with van der Waals surface area (Å²) in [7, 11) is 0. The lowest BCUT2D eigenvalue weighted by Crippen LogP contribution is -1.78. The SMILES string of the molecule is Cc1[nH]c(-c2ccccc2O)cc1-c1ccccc1. The van der Waals surface area contributed by atoms with Gasteiger partial charge in [0.05, 0.1) is 0 Å². The Morgan fingerprint density at radius 2 is 1.53 bits per heavy atom. The summed E-state index contributed by atoms with van der Waals surface area (Å²) >= 11 is 0. The maximum absolute atomic E-state index is 9.91. The molecule has 0 amide bonds. The third kappa shape index (κ3) is 2.13. The lowest BCUT2D eigenvalue weighted by atomic mass is 10.1. The average molecular weight is 249 g/mol. The van der Waals surface area contributed by atoms with E-state index < -0.39 is 0 Å². The minimum absolute atomic E-state index is 0.295. The molecule has 0 radical (unpaired) electrons. The molecule has 0 spiro atoms. The Morgan fingerprint density at radius 3 is 2.26 bits per heavy atom. The smallest absolute Gasteiger partial charge is 0.124 e. The number of para-hydroxylation sites is 1. The fourth-order valence-corrected chi connectivity index (χ4v) is 2.32. The van der Waals surface area contributed by atoms with Crippen LogP contribution in [-0.2, 0) is 0 Å². The summed E-state index contributed by atoms with van der Waals surface area (Å²) in [6.45, 7) is 2.05. The zero-order valence-electron chi connectivity index (χ0n) is 10.7. The Morgan fingerprint density at radius 1 is 0.842 bits per heavy atom. The highest BCUT2D eigenvalue weighted by atomic mass is 16.3. The van der Waals surface area contributed by atoms with Gasteiger partial charge in [0, 0.05) is 22.5 Å². The van der Waals surface area contributed by atoms with Crippen molar-refractivity contribution < 1.29 is 5.11 Å². The van der Waals surface area contributed by atoms with Crippen LogP contribution in [0, 0.1) is 6.92 Å². The molecule has 0 fully saturated rings. The van der Waals surface area contributed by atoms with Crippen molar-refractivity contribution in [1.29, 1.82) is 0 Å². The lowest BCUT2D eigenvalue weighted by Gasteiger charge is -2.00. The Kier molecular flexibility index (Phi) is 2.84. The topological polar surface area (TPSA) is 36.0 Å². The van der Waals surface area contributed by atoms with E-state index in [1.807, 2.05) is 43.3 Å². The van der Waals surface area contributed by atoms with Crippen LogP contribution in [0.1, 0.15) is 5.69 Å². The Balaban J connectivity index is 2.10. The summed E-state index contributed by atoms with van der Waals surface area (Å²) in [5.41, 5.74) is 5.21. The monoisotopic (exact) mass is 249 g/mol. The molecule has 0 atom stereocenters. The highest BCUT2D eigenvalue weighted by molar-refractivity contribution is 5.76. The van der Waals surface area contributed by atoms with Crippen LogP contribution in [0.5, 0.6) is 5.75 Å². The van der Waals surface area contributed by atoms with Crippen molar-refractivity contribution in [1.82, 2.24) is 4.98 Å². The molecule has 0 bridgehead atoms. The van der Waals surface area contributed by atoms with Gasteiger partial charge in [-0.15, -0.1) is 0 Å². The maximum Gasteiger partial charge on any atom is 0.124 e. The second-order valence-corrected chi connectivity index (χ2v) is 4.60. The number of phenols is 1. The molecule has 0 aliphatic carbocycles. The first-order chi connectivity index (χ1) is 9.25. The van der Waals surface area contributed by atoms with Gasteiger partial charge >= 0.3 is 0 Å². The summed E-state index contributed by atoms with van der Waals surface area (Å²) in [4.78, 5) is 3.34. The van der Waals surface area contributed by atoms with Crippen molar-refractivity contribution in [2.45, 2.75) is 6.92 Å². The number of nitrogens with one attached hydrogen (secondary N) is 1. The third-order valence-electron chi connectivity index (χ3n) is 3.29. The molecule has 19 heavy (non-hydrogen) atoms. The summed E-state index contributed by atoms with van der Waals surface area (Å²) in [5.74, 6) is 0.295. The third-order valence-corrected chi connectivity index (χ3v) is 3.29. The van der Waals surface area contributed by atoms with Crippen LogP contribution in [0.3, 0.4) is 0 Å². The van der Waals surface area contributed by atoms with Crippen molar-refractivity contribution in [3.05, 3.63) is 66.4 Å². The summed E-state index contributed by atoms with van der Waals surface area (Å²) in [6.07, 6.45) is 0. The van der Waals surface area contributed by atoms with E-state index in [1.54, 1.807) is 6.07 Å². The number of rotatable bonds is 2. The Bertz CT molecular complexity index is 698. The molecule has 0 unspecified atom stereocenters. The number of phenolic OH excluding ortho intramolecular Hbond substituents is 1. The average Bonchev–Trinajstić information content (AvgIpc) is 2.82. The van der Waals surface area contributed by atoms with Crippen LogP contribution in [0.2, 0.25) is 0 Å². The molecular weight excluding hydrogens is 234 g/mol. The van der Waals surface area contributed by atoms with Gasteiger partial charge in [0.2, 0.25) is 0 Å². The lowest BCUT2D eigenvalue weighted by molar-refractivity contribution is 0.477. The van der Waals surface area contributed by atoms with Crippen LogP contribution in [0.25, 0.3) is 22.4 Å². The standard InChI is InChI=1S/C17H15NO/c1-12-15(13-7-3-2-4-8-13)11-16(18-12)14-9-5-6-10-17(14)19/h2-11,18-19H,1H3. The number of aromatic hydroxyl groups is 1. The Labute approximate surface area is 112 Å². The van der Waals surface area contributed by atoms with E-state index in [1.165, 1.54) is 11.1 Å². The number of hydrogen-bond acceptors (Lipinski definition) is 1. The molecule has 1 heterocycles. The van der Waals surface area contributed by atoms with Crippen molar-refractivity contribution in [2.24, 2.45) is 0 Å². The van der Waals surface area contributed by atoms with Crippen LogP contribution in [-0.4, -0.2) is 10.1 Å². The molecule has 1 aromatic heterocycles. The molecule has 2 N–H and O–H groups in total. The first-order valence-corrected chi connectivity index (χ1v) is 6.29. The molecular formula is C17H15NO. The van der Waals surface area contributed by atoms with Gasteiger partial charge in [0.15, 0.2) is 0 Å². The predicted molar refractivity (Wildman–Crippen MR) is 78.1 cm³/mol. The van der Waals surface area contributed by atoms with E-state index in [0.29, 0.717) is 5.75 Å². The first-order valence-electron chi connectivity index (χ1n) is 6.29. The second-order valence-electron chi connectivity index (χ2n) is 4.60. The number of aryl methyl sites for hydroxylation is 1. The molecule has 3 aromatic rings. The van der Waals surface area contributed by atoms with Crippen LogP contribution in [0.4, 0.5) is 0 Å². The number of aromatic amines is 1. The fraction of sp³-hybridized carbons (Fsp3) is 0.0588. The van der Waals surface area contributed by atoms with Crippen molar-refractivity contribution >= 4 is 0 Å². The fourth-order valence-electron chi connectivity index (χ4n) is 2.32. The normalized spacial score (nSPS) is 10.6. The number of H-pyrrole nitrogens is 1. The van der Waals surface area contributed by atoms with E-state index in [2.05, 4.69) is 23.2 Å². The highest BCUT2D eigenvalue weighted by Gasteiger charge is 2.10. The second kappa shape index (κ2) is 4.65. The zero-order chi connectivity index (χ0) is 13.2. The van der Waals surface area contributed by atoms with Gasteiger partial charge in [-0.05, 0) is 30.7 Å². The van der Waals surface area contributed by atoms with Crippen molar-refractivity contribution in [3.8, 4) is 28.1 Å². The van der Waals surface area contributed by atoms with E-state index in [4.69, 9.17) is 0 Å². The van der Waals surface area contributed by atoms with Gasteiger partial charge in [0.1, 0.15) is 5.75 Å². The van der Waals surface area contributed by atoms with Gasteiger partial charge in [-0.25, -0.2) is 0 Å². The van der Waals surface area contributed by atoms with E-state index in [0.717, 1.165) is 17.0 Å². The molecule has 0 aliphatic heterocycles. The molecule has 0 aliphatic rings. The number of aromatic nitrogens is 1. The molecule has 2 aromatic carbocycles. The largest absolute Gasteiger partial charge is 0.507 e. The molecule has 0 saturated carbocycles. The highest BCUT2D eigenvalue weighted by Crippen LogP contribution is 2.33. The zero-order valence-corrected chi connectivity index (χ0v) is 10.7. The molecule has 94 valence electrons. The van der Waals surface area contributed by atoms with Gasteiger partial charge in [-0.1, -0.05) is 42.5 Å². The summed E-state index contributed by atoms with van der Waals surface area (Å²) < 4.78 is 0. The van der Waals surface area contributed by atoms with Crippen LogP contribution in [0.15, 0.2) is 60.7 Å². The van der Waals surface area contributed by atoms with Gasteiger partial charge in [-0.3, -0.25) is 0 Å². The number of benzene rings is 2. The van der Waals surface area contributed by atoms with Gasteiger partial charge in [0.25, 0.3) is 0 Å². The minimum Gasteiger partial charge on any atom is -0.507 e. The molecule has 2 nitrogen and oxygen atoms in total. The van der Waals surface area contributed by atoms with Gasteiger partial charge < -0.3 is 10.1 Å². The van der Waals surface area contributed by atoms with E-state index in [9.17, 15) is 5.11 Å². The van der Waals surface area contributed by atoms with Crippen LogP contribution < -0.4 is 0 Å². The minimum atomic E-state index is 0.295. The maximum atomic E-state index is 9.91. The molecule has 3 rings (SSSR count). The summed E-state index contributed by atoms with van der Waals surface area (Å²) in [6, 6.07) is 19.7. The van der Waals surface area contributed by atoms with Crippen LogP contribution >= 0.6 is 0 Å². The molecule has 0 saturated heterocycles. The predicted octanol–water partition coefficient (Wildman–Crippen LogP) is 4.36. The first kappa shape index (κ1) is 11.6. The van der Waals surface area contributed by atoms with E-state index >= 15 is 0 Å².